The number of nitrogens with one attached hydrogen (secondary N) is 1. The maximum Gasteiger partial charge on any atom is 0.240 e. The van der Waals surface area contributed by atoms with Crippen molar-refractivity contribution in [2.45, 2.75) is 58.3 Å². The lowest BCUT2D eigenvalue weighted by Gasteiger charge is -2.02. The first-order valence-electron chi connectivity index (χ1n) is 9.11. The molecule has 0 atom stereocenters. The highest BCUT2D eigenvalue weighted by Crippen LogP contribution is 2.16. The fourth-order valence-corrected chi connectivity index (χ4v) is 2.84. The van der Waals surface area contributed by atoms with E-state index in [4.69, 9.17) is 0 Å². The van der Waals surface area contributed by atoms with Crippen LogP contribution in [0.5, 0.6) is 0 Å². The molecule has 0 unspecified atom stereocenters. The smallest absolute Gasteiger partial charge is 0.240 e. The molecule has 0 aliphatic heterocycles. The molecule has 0 saturated carbocycles. The van der Waals surface area contributed by atoms with E-state index in [1.807, 2.05) is 24.3 Å². The molecule has 0 heterocycles. The van der Waals surface area contributed by atoms with Crippen molar-refractivity contribution in [3.8, 4) is 0 Å². The number of hydrogen-bond donors (Lipinski definition) is 1. The second kappa shape index (κ2) is 10.6. The van der Waals surface area contributed by atoms with Crippen LogP contribution >= 0.6 is 0 Å². The summed E-state index contributed by atoms with van der Waals surface area (Å²) in [5.41, 5.74) is 3.66. The van der Waals surface area contributed by atoms with E-state index in [2.05, 4.69) is 35.7 Å². The predicted molar refractivity (Wildman–Crippen MR) is 102 cm³/mol. The minimum atomic E-state index is 0.0000415. The zero-order valence-corrected chi connectivity index (χ0v) is 14.6. The molecule has 0 fully saturated rings. The van der Waals surface area contributed by atoms with Gasteiger partial charge in [0.25, 0.3) is 0 Å². The van der Waals surface area contributed by atoms with Gasteiger partial charge in [-0.2, -0.15) is 5.10 Å². The Balaban J connectivity index is 1.70. The number of carbonyl (C=O) groups is 1. The molecule has 0 aliphatic rings. The Morgan fingerprint density at radius 2 is 1.67 bits per heavy atom. The average Bonchev–Trinajstić information content (AvgIpc) is 2.61. The van der Waals surface area contributed by atoms with Gasteiger partial charge in [-0.25, -0.2) is 5.43 Å². The van der Waals surface area contributed by atoms with E-state index in [1.165, 1.54) is 37.5 Å². The first-order valence-corrected chi connectivity index (χ1v) is 9.11. The fourth-order valence-electron chi connectivity index (χ4n) is 2.84. The van der Waals surface area contributed by atoms with Crippen LogP contribution in [0.3, 0.4) is 0 Å². The van der Waals surface area contributed by atoms with E-state index in [9.17, 15) is 4.79 Å². The second-order valence-electron chi connectivity index (χ2n) is 6.23. The van der Waals surface area contributed by atoms with Gasteiger partial charge in [0.2, 0.25) is 5.91 Å². The molecule has 2 rings (SSSR count). The van der Waals surface area contributed by atoms with Crippen LogP contribution < -0.4 is 5.43 Å². The molecule has 3 nitrogen and oxygen atoms in total. The molecular formula is C21H28N2O. The Bertz CT molecular complexity index is 658. The van der Waals surface area contributed by atoms with Gasteiger partial charge in [0.15, 0.2) is 0 Å². The van der Waals surface area contributed by atoms with Crippen molar-refractivity contribution >= 4 is 22.9 Å². The Morgan fingerprint density at radius 1 is 0.958 bits per heavy atom. The average molecular weight is 324 g/mol. The number of amides is 1. The van der Waals surface area contributed by atoms with E-state index in [1.54, 1.807) is 6.21 Å². The molecule has 2 aromatic rings. The van der Waals surface area contributed by atoms with Gasteiger partial charge < -0.3 is 0 Å². The first kappa shape index (κ1) is 18.2. The quantitative estimate of drug-likeness (QED) is 0.353. The van der Waals surface area contributed by atoms with E-state index in [0.717, 1.165) is 23.8 Å². The zero-order chi connectivity index (χ0) is 17.0. The predicted octanol–water partition coefficient (Wildman–Crippen LogP) is 5.43. The van der Waals surface area contributed by atoms with Crippen LogP contribution in [0, 0.1) is 0 Å². The zero-order valence-electron chi connectivity index (χ0n) is 14.6. The number of carbonyl (C=O) groups excluding carboxylic acids is 1. The Labute approximate surface area is 145 Å². The summed E-state index contributed by atoms with van der Waals surface area (Å²) in [5, 5.41) is 6.43. The van der Waals surface area contributed by atoms with E-state index in [-0.39, 0.29) is 5.91 Å². The van der Waals surface area contributed by atoms with Gasteiger partial charge in [-0.3, -0.25) is 4.79 Å². The van der Waals surface area contributed by atoms with Gasteiger partial charge in [-0.15, -0.1) is 0 Å². The number of unbranched alkanes of at least 4 members (excludes halogenated alkanes) is 6. The van der Waals surface area contributed by atoms with Crippen molar-refractivity contribution < 1.29 is 4.79 Å². The molecule has 0 spiro atoms. The molecular weight excluding hydrogens is 296 g/mol. The summed E-state index contributed by atoms with van der Waals surface area (Å²) in [6, 6.07) is 14.3. The molecule has 0 aliphatic carbocycles. The number of benzene rings is 2. The maximum atomic E-state index is 11.8. The summed E-state index contributed by atoms with van der Waals surface area (Å²) >= 11 is 0. The van der Waals surface area contributed by atoms with Crippen molar-refractivity contribution in [1.82, 2.24) is 5.43 Å². The summed E-state index contributed by atoms with van der Waals surface area (Å²) < 4.78 is 0. The van der Waals surface area contributed by atoms with Crippen LogP contribution in [0.2, 0.25) is 0 Å². The van der Waals surface area contributed by atoms with Crippen molar-refractivity contribution in [3.05, 3.63) is 48.0 Å². The third-order valence-corrected chi connectivity index (χ3v) is 4.22. The van der Waals surface area contributed by atoms with Crippen molar-refractivity contribution in [3.63, 3.8) is 0 Å². The normalized spacial score (nSPS) is 11.2. The van der Waals surface area contributed by atoms with Crippen LogP contribution in [0.4, 0.5) is 0 Å². The van der Waals surface area contributed by atoms with Gasteiger partial charge in [-0.1, -0.05) is 87.9 Å². The molecule has 0 radical (unpaired) electrons. The number of hydrazone groups is 1. The monoisotopic (exact) mass is 324 g/mol. The molecule has 24 heavy (non-hydrogen) atoms. The molecule has 128 valence electrons. The van der Waals surface area contributed by atoms with Crippen LogP contribution in [0.25, 0.3) is 10.8 Å². The van der Waals surface area contributed by atoms with Crippen molar-refractivity contribution in [2.24, 2.45) is 5.10 Å². The summed E-state index contributed by atoms with van der Waals surface area (Å²) in [6.45, 7) is 2.23. The molecule has 0 saturated heterocycles. The molecule has 3 heteroatoms. The highest BCUT2D eigenvalue weighted by atomic mass is 16.2. The van der Waals surface area contributed by atoms with Crippen LogP contribution in [-0.4, -0.2) is 12.1 Å². The lowest BCUT2D eigenvalue weighted by atomic mass is 10.1. The minimum absolute atomic E-state index is 0.0000415. The van der Waals surface area contributed by atoms with Crippen molar-refractivity contribution in [2.75, 3.05) is 0 Å². The molecule has 0 bridgehead atoms. The molecule has 0 aromatic heterocycles. The number of fused-ring (bicyclic) bond motifs is 1. The fraction of sp³-hybridized carbons (Fsp3) is 0.429. The highest BCUT2D eigenvalue weighted by Gasteiger charge is 2.00. The Kier molecular flexibility index (Phi) is 8.02. The Hall–Kier alpha value is -2.16. The highest BCUT2D eigenvalue weighted by molar-refractivity contribution is 5.99. The third-order valence-electron chi connectivity index (χ3n) is 4.22. The minimum Gasteiger partial charge on any atom is -0.273 e. The standard InChI is InChI=1S/C21H28N2O/c1-2-3-4-5-6-7-8-16-21(24)23-22-17-19-14-11-13-18-12-9-10-15-20(18)19/h9-15,17H,2-8,16H2,1H3,(H,23,24). The summed E-state index contributed by atoms with van der Waals surface area (Å²) in [5.74, 6) is 0.0000415. The maximum absolute atomic E-state index is 11.8. The van der Waals surface area contributed by atoms with E-state index >= 15 is 0 Å². The van der Waals surface area contributed by atoms with Gasteiger partial charge >= 0.3 is 0 Å². The van der Waals surface area contributed by atoms with Crippen molar-refractivity contribution in [1.29, 1.82) is 0 Å². The Morgan fingerprint density at radius 3 is 2.50 bits per heavy atom. The van der Waals surface area contributed by atoms with Gasteiger partial charge in [0.1, 0.15) is 0 Å². The first-order chi connectivity index (χ1) is 11.8. The second-order valence-corrected chi connectivity index (χ2v) is 6.23. The van der Waals surface area contributed by atoms with Gasteiger partial charge in [0.05, 0.1) is 6.21 Å². The van der Waals surface area contributed by atoms with Crippen LogP contribution in [0.1, 0.15) is 63.9 Å². The van der Waals surface area contributed by atoms with E-state index in [0.29, 0.717) is 6.42 Å². The topological polar surface area (TPSA) is 41.5 Å². The largest absolute Gasteiger partial charge is 0.273 e. The van der Waals surface area contributed by atoms with E-state index < -0.39 is 0 Å². The van der Waals surface area contributed by atoms with Crippen LogP contribution in [0.15, 0.2) is 47.6 Å². The number of rotatable bonds is 10. The van der Waals surface area contributed by atoms with Gasteiger partial charge in [0, 0.05) is 12.0 Å². The summed E-state index contributed by atoms with van der Waals surface area (Å²) in [7, 11) is 0. The van der Waals surface area contributed by atoms with Crippen LogP contribution in [-0.2, 0) is 4.79 Å². The molecule has 1 N–H and O–H groups in total. The number of nitrogens with zero attached hydrogens (tertiary/aromatic N) is 1. The lowest BCUT2D eigenvalue weighted by Crippen LogP contribution is -2.16. The lowest BCUT2D eigenvalue weighted by molar-refractivity contribution is -0.121. The summed E-state index contributed by atoms with van der Waals surface area (Å²) in [6.07, 6.45) is 10.8. The molecule has 1 amide bonds. The SMILES string of the molecule is CCCCCCCCCC(=O)NN=Cc1cccc2ccccc12. The number of hydrogen-bond acceptors (Lipinski definition) is 2. The summed E-state index contributed by atoms with van der Waals surface area (Å²) in [4.78, 5) is 11.8. The third kappa shape index (κ3) is 6.15. The molecule has 2 aromatic carbocycles. The van der Waals surface area contributed by atoms with Gasteiger partial charge in [-0.05, 0) is 17.2 Å².